The predicted molar refractivity (Wildman–Crippen MR) is 173 cm³/mol. The maximum Gasteiger partial charge on any atom is 0.310 e. The summed E-state index contributed by atoms with van der Waals surface area (Å²) < 4.78 is 2.05. The second-order valence-electron chi connectivity index (χ2n) is 17.4. The molecule has 5 aliphatic rings. The summed E-state index contributed by atoms with van der Waals surface area (Å²) in [5, 5.41) is 15.9. The molecule has 0 spiro atoms. The SMILES string of the molecule is CC1(C)CC[C@]2(C(=O)O)CC[C@]3(C)C(=CCC4[C@@]5(C)Cc6c(nn(Cc7ccccc7)c6N)C(C)(C)C5CC[C@]43C)C2C1. The lowest BCUT2D eigenvalue weighted by Crippen LogP contribution is -2.64. The summed E-state index contributed by atoms with van der Waals surface area (Å²) in [6, 6.07) is 10.5. The van der Waals surface area contributed by atoms with Crippen LogP contribution in [0.3, 0.4) is 0 Å². The van der Waals surface area contributed by atoms with Crippen molar-refractivity contribution in [2.75, 3.05) is 5.73 Å². The van der Waals surface area contributed by atoms with Gasteiger partial charge in [-0.25, -0.2) is 4.68 Å². The van der Waals surface area contributed by atoms with Crippen LogP contribution in [0.2, 0.25) is 0 Å². The fraction of sp³-hybridized carbons (Fsp3) is 0.684. The van der Waals surface area contributed by atoms with Crippen molar-refractivity contribution >= 4 is 11.8 Å². The van der Waals surface area contributed by atoms with Gasteiger partial charge < -0.3 is 10.8 Å². The first-order valence-corrected chi connectivity index (χ1v) is 16.9. The smallest absolute Gasteiger partial charge is 0.310 e. The zero-order valence-electron chi connectivity index (χ0n) is 27.6. The van der Waals surface area contributed by atoms with Gasteiger partial charge in [-0.1, -0.05) is 90.4 Å². The normalized spacial score (nSPS) is 40.6. The maximum absolute atomic E-state index is 13.0. The molecular weight excluding hydrogens is 530 g/mol. The zero-order chi connectivity index (χ0) is 30.8. The third-order valence-electron chi connectivity index (χ3n) is 14.6. The van der Waals surface area contributed by atoms with Crippen LogP contribution < -0.4 is 5.73 Å². The van der Waals surface area contributed by atoms with E-state index in [4.69, 9.17) is 10.8 Å². The molecule has 0 bridgehead atoms. The number of carboxylic acid groups (broad SMARTS) is 1. The van der Waals surface area contributed by atoms with Crippen molar-refractivity contribution in [2.45, 2.75) is 118 Å². The Labute approximate surface area is 258 Å². The standard InChI is InChI=1S/C38H53N3O2/c1-33(2)17-19-38(32(42)43)20-18-36(6)26(27(38)22-33)13-14-29-35(5)21-25-30(34(3,4)28(35)15-16-37(29,36)7)40-41(31(25)39)23-24-11-9-8-10-12-24/h8-13,27-29H,14-23,39H2,1-7H3,(H,42,43)/t27?,28?,29?,35-,36+,37+,38-/m0/s1. The molecule has 0 radical (unpaired) electrons. The van der Waals surface area contributed by atoms with Gasteiger partial charge in [-0.3, -0.25) is 4.79 Å². The van der Waals surface area contributed by atoms with Crippen LogP contribution in [0.1, 0.15) is 117 Å². The summed E-state index contributed by atoms with van der Waals surface area (Å²) in [4.78, 5) is 13.0. The number of nitrogens with two attached hydrogens (primary N) is 1. The summed E-state index contributed by atoms with van der Waals surface area (Å²) in [6.07, 6.45) is 11.6. The second kappa shape index (κ2) is 9.01. The maximum atomic E-state index is 13.0. The van der Waals surface area contributed by atoms with Crippen molar-refractivity contribution in [3.8, 4) is 0 Å². The van der Waals surface area contributed by atoms with Gasteiger partial charge in [-0.05, 0) is 103 Å². The van der Waals surface area contributed by atoms with E-state index in [1.807, 2.05) is 0 Å². The Kier molecular flexibility index (Phi) is 6.11. The van der Waals surface area contributed by atoms with Gasteiger partial charge in [0.2, 0.25) is 0 Å². The van der Waals surface area contributed by atoms with Crippen molar-refractivity contribution in [3.05, 3.63) is 58.8 Å². The van der Waals surface area contributed by atoms with Crippen molar-refractivity contribution < 1.29 is 9.90 Å². The lowest BCUT2D eigenvalue weighted by molar-refractivity contribution is -0.177. The highest BCUT2D eigenvalue weighted by Gasteiger charge is 2.69. The minimum atomic E-state index is -0.589. The first-order chi connectivity index (χ1) is 20.1. The number of hydrogen-bond donors (Lipinski definition) is 2. The second-order valence-corrected chi connectivity index (χ2v) is 17.4. The molecule has 232 valence electrons. The fourth-order valence-corrected chi connectivity index (χ4v) is 12.1. The number of nitrogens with zero attached hydrogens (tertiary/aromatic N) is 2. The van der Waals surface area contributed by atoms with E-state index in [1.165, 1.54) is 35.2 Å². The minimum absolute atomic E-state index is 0.0222. The number of anilines is 1. The van der Waals surface area contributed by atoms with E-state index in [2.05, 4.69) is 89.6 Å². The number of rotatable bonds is 3. The summed E-state index contributed by atoms with van der Waals surface area (Å²) in [5.41, 5.74) is 12.0. The van der Waals surface area contributed by atoms with Crippen LogP contribution >= 0.6 is 0 Å². The first-order valence-electron chi connectivity index (χ1n) is 16.9. The molecular formula is C38H53N3O2. The van der Waals surface area contributed by atoms with Gasteiger partial charge in [0.1, 0.15) is 5.82 Å². The third-order valence-corrected chi connectivity index (χ3v) is 14.6. The molecule has 3 N–H and O–H groups in total. The fourth-order valence-electron chi connectivity index (χ4n) is 12.1. The van der Waals surface area contributed by atoms with Gasteiger partial charge in [0.25, 0.3) is 0 Å². The zero-order valence-corrected chi connectivity index (χ0v) is 27.6. The summed E-state index contributed by atoms with van der Waals surface area (Å²) in [6.45, 7) is 18.0. The number of benzene rings is 1. The molecule has 1 aromatic carbocycles. The lowest BCUT2D eigenvalue weighted by atomic mass is 9.33. The Morgan fingerprint density at radius 2 is 1.67 bits per heavy atom. The Hall–Kier alpha value is -2.56. The van der Waals surface area contributed by atoms with Crippen molar-refractivity contribution in [3.63, 3.8) is 0 Å². The molecule has 43 heavy (non-hydrogen) atoms. The van der Waals surface area contributed by atoms with Gasteiger partial charge in [0, 0.05) is 11.0 Å². The van der Waals surface area contributed by atoms with E-state index in [1.54, 1.807) is 0 Å². The monoisotopic (exact) mass is 583 g/mol. The average Bonchev–Trinajstić information content (AvgIpc) is 3.24. The van der Waals surface area contributed by atoms with Gasteiger partial charge in [-0.15, -0.1) is 0 Å². The van der Waals surface area contributed by atoms with Gasteiger partial charge in [0.05, 0.1) is 17.7 Å². The van der Waals surface area contributed by atoms with Crippen LogP contribution in [0.5, 0.6) is 0 Å². The van der Waals surface area contributed by atoms with E-state index in [-0.39, 0.29) is 33.0 Å². The van der Waals surface area contributed by atoms with Crippen LogP contribution in [0.25, 0.3) is 0 Å². The number of aliphatic carboxylic acids is 1. The van der Waals surface area contributed by atoms with E-state index in [0.717, 1.165) is 50.8 Å². The van der Waals surface area contributed by atoms with Crippen LogP contribution in [0, 0.1) is 44.8 Å². The van der Waals surface area contributed by atoms with E-state index >= 15 is 0 Å². The van der Waals surface area contributed by atoms with Crippen LogP contribution in [-0.4, -0.2) is 20.9 Å². The molecule has 0 amide bonds. The number of fused-ring (bicyclic) bond motifs is 8. The Morgan fingerprint density at radius 1 is 0.977 bits per heavy atom. The Balaban J connectivity index is 1.30. The van der Waals surface area contributed by atoms with E-state index < -0.39 is 11.4 Å². The minimum Gasteiger partial charge on any atom is -0.481 e. The number of carbonyl (C=O) groups is 1. The van der Waals surface area contributed by atoms with Crippen LogP contribution in [0.15, 0.2) is 42.0 Å². The number of carboxylic acids is 1. The number of nitrogen functional groups attached to an aromatic ring is 1. The molecule has 3 saturated carbocycles. The number of aromatic nitrogens is 2. The lowest BCUT2D eigenvalue weighted by Gasteiger charge is -2.70. The molecule has 1 heterocycles. The highest BCUT2D eigenvalue weighted by atomic mass is 16.4. The van der Waals surface area contributed by atoms with Crippen molar-refractivity contribution in [1.29, 1.82) is 0 Å². The molecule has 5 nitrogen and oxygen atoms in total. The van der Waals surface area contributed by atoms with Crippen molar-refractivity contribution in [1.82, 2.24) is 9.78 Å². The molecule has 5 aliphatic carbocycles. The summed E-state index contributed by atoms with van der Waals surface area (Å²) >= 11 is 0. The molecule has 0 aliphatic heterocycles. The summed E-state index contributed by atoms with van der Waals surface area (Å²) in [7, 11) is 0. The molecule has 5 heteroatoms. The molecule has 0 saturated heterocycles. The molecule has 7 atom stereocenters. The van der Waals surface area contributed by atoms with Gasteiger partial charge in [0.15, 0.2) is 0 Å². The Bertz CT molecular complexity index is 1500. The largest absolute Gasteiger partial charge is 0.481 e. The van der Waals surface area contributed by atoms with Gasteiger partial charge >= 0.3 is 5.97 Å². The average molecular weight is 584 g/mol. The molecule has 3 fully saturated rings. The van der Waals surface area contributed by atoms with Gasteiger partial charge in [-0.2, -0.15) is 5.10 Å². The topological polar surface area (TPSA) is 81.1 Å². The highest BCUT2D eigenvalue weighted by molar-refractivity contribution is 5.76. The van der Waals surface area contributed by atoms with E-state index in [9.17, 15) is 9.90 Å². The predicted octanol–water partition coefficient (Wildman–Crippen LogP) is 8.41. The first kappa shape index (κ1) is 29.2. The molecule has 2 aromatic rings. The van der Waals surface area contributed by atoms with E-state index in [0.29, 0.717) is 18.4 Å². The third kappa shape index (κ3) is 3.75. The summed E-state index contributed by atoms with van der Waals surface area (Å²) in [5.74, 6) is 1.48. The molecule has 7 rings (SSSR count). The van der Waals surface area contributed by atoms with Crippen molar-refractivity contribution in [2.24, 2.45) is 44.8 Å². The van der Waals surface area contributed by atoms with Crippen LogP contribution in [0.4, 0.5) is 5.82 Å². The Morgan fingerprint density at radius 3 is 2.37 bits per heavy atom. The quantitative estimate of drug-likeness (QED) is 0.356. The molecule has 3 unspecified atom stereocenters. The molecule has 1 aromatic heterocycles. The highest BCUT2D eigenvalue weighted by Crippen LogP contribution is 2.75. The number of hydrogen-bond acceptors (Lipinski definition) is 3. The van der Waals surface area contributed by atoms with Crippen LogP contribution in [-0.2, 0) is 23.2 Å². The number of allylic oxidation sites excluding steroid dienone is 2.